The molecule has 2 rings (SSSR count). The van der Waals surface area contributed by atoms with Gasteiger partial charge in [-0.05, 0) is 44.5 Å². The number of aromatic nitrogens is 2. The number of halogens is 2. The summed E-state index contributed by atoms with van der Waals surface area (Å²) in [4.78, 5) is 11.5. The quantitative estimate of drug-likeness (QED) is 0.806. The number of carbonyl (C=O) groups excluding carboxylic acids is 1. The van der Waals surface area contributed by atoms with Crippen LogP contribution in [0.4, 0.5) is 4.39 Å². The van der Waals surface area contributed by atoms with Crippen LogP contribution in [-0.2, 0) is 6.54 Å². The summed E-state index contributed by atoms with van der Waals surface area (Å²) in [5.41, 5.74) is 2.71. The first-order valence-corrected chi connectivity index (χ1v) is 6.27. The Hall–Kier alpha value is -1.68. The fourth-order valence-electron chi connectivity index (χ4n) is 2.19. The smallest absolute Gasteiger partial charge is 0.163 e. The fraction of sp³-hybridized carbons (Fsp3) is 0.286. The molecule has 0 aliphatic heterocycles. The number of hydrogen-bond donors (Lipinski definition) is 0. The van der Waals surface area contributed by atoms with Gasteiger partial charge >= 0.3 is 0 Å². The van der Waals surface area contributed by atoms with Crippen molar-refractivity contribution in [3.05, 3.63) is 51.6 Å². The maximum atomic E-state index is 13.2. The number of Topliss-reactive ketones (excluding diaryl/α,β-unsaturated/α-hetero) is 1. The first-order chi connectivity index (χ1) is 8.90. The van der Waals surface area contributed by atoms with Gasteiger partial charge in [-0.1, -0.05) is 11.6 Å². The van der Waals surface area contributed by atoms with Gasteiger partial charge in [-0.15, -0.1) is 0 Å². The molecule has 0 saturated heterocycles. The molecule has 0 unspecified atom stereocenters. The van der Waals surface area contributed by atoms with Crippen LogP contribution in [0.1, 0.15) is 34.2 Å². The van der Waals surface area contributed by atoms with Gasteiger partial charge in [-0.2, -0.15) is 5.10 Å². The molecule has 0 radical (unpaired) electrons. The minimum absolute atomic E-state index is 0.0217. The summed E-state index contributed by atoms with van der Waals surface area (Å²) in [6, 6.07) is 4.21. The summed E-state index contributed by atoms with van der Waals surface area (Å²) < 4.78 is 14.9. The van der Waals surface area contributed by atoms with Gasteiger partial charge in [0, 0.05) is 10.7 Å². The molecule has 0 amide bonds. The first kappa shape index (κ1) is 13.7. The Kier molecular flexibility index (Phi) is 3.71. The lowest BCUT2D eigenvalue weighted by molar-refractivity contribution is 0.101. The Morgan fingerprint density at radius 2 is 2.11 bits per heavy atom. The number of carbonyl (C=O) groups is 1. The van der Waals surface area contributed by atoms with Crippen molar-refractivity contribution in [1.82, 2.24) is 9.78 Å². The van der Waals surface area contributed by atoms with Crippen molar-refractivity contribution in [2.45, 2.75) is 27.3 Å². The molecule has 5 heteroatoms. The van der Waals surface area contributed by atoms with Crippen molar-refractivity contribution in [2.24, 2.45) is 0 Å². The average Bonchev–Trinajstić information content (AvgIpc) is 2.59. The van der Waals surface area contributed by atoms with E-state index in [2.05, 4.69) is 5.10 Å². The zero-order valence-electron chi connectivity index (χ0n) is 11.0. The van der Waals surface area contributed by atoms with E-state index < -0.39 is 0 Å². The van der Waals surface area contributed by atoms with E-state index in [0.29, 0.717) is 28.4 Å². The normalized spacial score (nSPS) is 10.8. The summed E-state index contributed by atoms with van der Waals surface area (Å²) in [7, 11) is 0. The number of rotatable bonds is 3. The van der Waals surface area contributed by atoms with Gasteiger partial charge in [0.1, 0.15) is 5.82 Å². The third-order valence-corrected chi connectivity index (χ3v) is 3.43. The average molecular weight is 281 g/mol. The molecular formula is C14H14ClFN2O. The van der Waals surface area contributed by atoms with E-state index in [1.165, 1.54) is 25.1 Å². The zero-order valence-corrected chi connectivity index (χ0v) is 11.8. The third kappa shape index (κ3) is 2.68. The highest BCUT2D eigenvalue weighted by Gasteiger charge is 2.16. The maximum absolute atomic E-state index is 13.2. The number of hydrogen-bond acceptors (Lipinski definition) is 2. The topological polar surface area (TPSA) is 34.9 Å². The highest BCUT2D eigenvalue weighted by Crippen LogP contribution is 2.20. The lowest BCUT2D eigenvalue weighted by Crippen LogP contribution is -2.06. The standard InChI is InChI=1S/C14H14ClFN2O/c1-8-14(10(3)19)9(2)18(17-8)7-11-6-12(16)4-5-13(11)15/h4-6H,7H2,1-3H3. The summed E-state index contributed by atoms with van der Waals surface area (Å²) >= 11 is 6.03. The van der Waals surface area contributed by atoms with E-state index in [1.54, 1.807) is 11.6 Å². The Balaban J connectivity index is 2.42. The summed E-state index contributed by atoms with van der Waals surface area (Å²) in [5, 5.41) is 4.80. The van der Waals surface area contributed by atoms with Crippen LogP contribution < -0.4 is 0 Å². The predicted octanol–water partition coefficient (Wildman–Crippen LogP) is 3.54. The van der Waals surface area contributed by atoms with E-state index in [4.69, 9.17) is 11.6 Å². The molecule has 1 aromatic carbocycles. The number of aryl methyl sites for hydroxylation is 1. The SMILES string of the molecule is CC(=O)c1c(C)nn(Cc2cc(F)ccc2Cl)c1C. The first-order valence-electron chi connectivity index (χ1n) is 5.89. The van der Waals surface area contributed by atoms with Crippen molar-refractivity contribution >= 4 is 17.4 Å². The van der Waals surface area contributed by atoms with E-state index in [-0.39, 0.29) is 11.6 Å². The zero-order chi connectivity index (χ0) is 14.2. The van der Waals surface area contributed by atoms with Gasteiger partial charge in [-0.25, -0.2) is 4.39 Å². The van der Waals surface area contributed by atoms with E-state index in [9.17, 15) is 9.18 Å². The molecule has 0 N–H and O–H groups in total. The molecule has 3 nitrogen and oxygen atoms in total. The van der Waals surface area contributed by atoms with Crippen molar-refractivity contribution in [2.75, 3.05) is 0 Å². The fourth-order valence-corrected chi connectivity index (χ4v) is 2.36. The van der Waals surface area contributed by atoms with Crippen molar-refractivity contribution < 1.29 is 9.18 Å². The van der Waals surface area contributed by atoms with Gasteiger partial charge in [0.2, 0.25) is 0 Å². The van der Waals surface area contributed by atoms with Crippen LogP contribution in [0.2, 0.25) is 5.02 Å². The molecule has 2 aromatic rings. The van der Waals surface area contributed by atoms with Crippen molar-refractivity contribution in [3.8, 4) is 0 Å². The number of benzene rings is 1. The van der Waals surface area contributed by atoms with Gasteiger partial charge < -0.3 is 0 Å². The molecule has 0 aliphatic rings. The van der Waals surface area contributed by atoms with Gasteiger partial charge in [-0.3, -0.25) is 9.48 Å². The van der Waals surface area contributed by atoms with Crippen LogP contribution in [0.3, 0.4) is 0 Å². The van der Waals surface area contributed by atoms with Crippen LogP contribution in [-0.4, -0.2) is 15.6 Å². The second-order valence-electron chi connectivity index (χ2n) is 4.50. The summed E-state index contributed by atoms with van der Waals surface area (Å²) in [5.74, 6) is -0.362. The molecule has 0 aliphatic carbocycles. The second-order valence-corrected chi connectivity index (χ2v) is 4.90. The van der Waals surface area contributed by atoms with Crippen LogP contribution in [0.5, 0.6) is 0 Å². The Morgan fingerprint density at radius 1 is 1.42 bits per heavy atom. The lowest BCUT2D eigenvalue weighted by Gasteiger charge is -2.07. The number of nitrogens with zero attached hydrogens (tertiary/aromatic N) is 2. The molecule has 0 saturated carbocycles. The van der Waals surface area contributed by atoms with Crippen molar-refractivity contribution in [1.29, 1.82) is 0 Å². The van der Waals surface area contributed by atoms with Crippen LogP contribution in [0.15, 0.2) is 18.2 Å². The van der Waals surface area contributed by atoms with E-state index >= 15 is 0 Å². The largest absolute Gasteiger partial charge is 0.294 e. The van der Waals surface area contributed by atoms with Crippen LogP contribution >= 0.6 is 11.6 Å². The van der Waals surface area contributed by atoms with E-state index in [0.717, 1.165) is 5.69 Å². The molecule has 0 fully saturated rings. The molecule has 0 bridgehead atoms. The molecule has 1 heterocycles. The van der Waals surface area contributed by atoms with Gasteiger partial charge in [0.05, 0.1) is 17.8 Å². The maximum Gasteiger partial charge on any atom is 0.163 e. The molecule has 1 aromatic heterocycles. The third-order valence-electron chi connectivity index (χ3n) is 3.06. The highest BCUT2D eigenvalue weighted by atomic mass is 35.5. The van der Waals surface area contributed by atoms with Gasteiger partial charge in [0.15, 0.2) is 5.78 Å². The Morgan fingerprint density at radius 3 is 2.68 bits per heavy atom. The second kappa shape index (κ2) is 5.13. The molecule has 0 atom stereocenters. The van der Waals surface area contributed by atoms with E-state index in [1.807, 2.05) is 6.92 Å². The predicted molar refractivity (Wildman–Crippen MR) is 72.2 cm³/mol. The summed E-state index contributed by atoms with van der Waals surface area (Å²) in [6.45, 7) is 5.46. The highest BCUT2D eigenvalue weighted by molar-refractivity contribution is 6.31. The molecular weight excluding hydrogens is 267 g/mol. The Bertz CT molecular complexity index is 649. The summed E-state index contributed by atoms with van der Waals surface area (Å²) in [6.07, 6.45) is 0. The monoisotopic (exact) mass is 280 g/mol. The van der Waals surface area contributed by atoms with Crippen LogP contribution in [0.25, 0.3) is 0 Å². The van der Waals surface area contributed by atoms with Crippen LogP contribution in [0, 0.1) is 19.7 Å². The Labute approximate surface area is 116 Å². The molecule has 19 heavy (non-hydrogen) atoms. The lowest BCUT2D eigenvalue weighted by atomic mass is 10.1. The molecule has 0 spiro atoms. The number of ketones is 1. The minimum Gasteiger partial charge on any atom is -0.294 e. The van der Waals surface area contributed by atoms with Gasteiger partial charge in [0.25, 0.3) is 0 Å². The van der Waals surface area contributed by atoms with Crippen molar-refractivity contribution in [3.63, 3.8) is 0 Å². The molecule has 100 valence electrons. The minimum atomic E-state index is -0.340.